The quantitative estimate of drug-likeness (QED) is 0.518. The van der Waals surface area contributed by atoms with Crippen molar-refractivity contribution in [3.8, 4) is 0 Å². The number of rotatable bonds is 3. The Morgan fingerprint density at radius 2 is 2.43 bits per heavy atom. The third kappa shape index (κ3) is 2.95. The predicted molar refractivity (Wildman–Crippen MR) is 50.8 cm³/mol. The zero-order valence-electron chi connectivity index (χ0n) is 8.04. The molecule has 5 nitrogen and oxygen atoms in total. The Hall–Kier alpha value is -1.75. The van der Waals surface area contributed by atoms with Crippen LogP contribution in [0.4, 0.5) is 0 Å². The predicted octanol–water partition coefficient (Wildman–Crippen LogP) is 0.510. The summed E-state index contributed by atoms with van der Waals surface area (Å²) >= 11 is 0. The highest BCUT2D eigenvalue weighted by molar-refractivity contribution is 5.90. The summed E-state index contributed by atoms with van der Waals surface area (Å²) in [6, 6.07) is 1.70. The second-order valence-corrected chi connectivity index (χ2v) is 2.49. The molecule has 5 heteroatoms. The Balaban J connectivity index is 2.61. The summed E-state index contributed by atoms with van der Waals surface area (Å²) in [5, 5.41) is 1.12. The molecular weight excluding hydrogens is 182 g/mol. The number of carbonyl (C=O) groups is 1. The van der Waals surface area contributed by atoms with Crippen LogP contribution < -0.4 is 0 Å². The first-order chi connectivity index (χ1) is 6.74. The fraction of sp³-hybridized carbons (Fsp3) is 0.222. The molecule has 0 saturated heterocycles. The van der Waals surface area contributed by atoms with Crippen LogP contribution in [0.5, 0.6) is 0 Å². The van der Waals surface area contributed by atoms with Crippen LogP contribution in [0.1, 0.15) is 5.69 Å². The van der Waals surface area contributed by atoms with Gasteiger partial charge in [-0.3, -0.25) is 9.63 Å². The molecule has 0 aromatic carbocycles. The zero-order chi connectivity index (χ0) is 10.4. The molecule has 0 radical (unpaired) electrons. The van der Waals surface area contributed by atoms with Crippen molar-refractivity contribution >= 4 is 12.0 Å². The fourth-order valence-electron chi connectivity index (χ4n) is 0.751. The van der Waals surface area contributed by atoms with Crippen molar-refractivity contribution in [2.24, 2.45) is 0 Å². The summed E-state index contributed by atoms with van der Waals surface area (Å²) in [7, 11) is 2.96. The first-order valence-electron chi connectivity index (χ1n) is 4.00. The van der Waals surface area contributed by atoms with E-state index in [0.29, 0.717) is 5.69 Å². The lowest BCUT2D eigenvalue weighted by Crippen LogP contribution is -2.22. The van der Waals surface area contributed by atoms with Crippen LogP contribution in [0.2, 0.25) is 0 Å². The summed E-state index contributed by atoms with van der Waals surface area (Å²) < 4.78 is 0. The average molecular weight is 193 g/mol. The standard InChI is InChI=1S/C9H11N3O2/c1-12(14-2)9(13)4-3-8-5-6-10-7-11-8/h3-7H,1-2H3/b4-3+. The molecule has 0 N–H and O–H groups in total. The van der Waals surface area contributed by atoms with Crippen LogP contribution in [0.25, 0.3) is 6.08 Å². The third-order valence-electron chi connectivity index (χ3n) is 1.59. The molecule has 1 rings (SSSR count). The highest BCUT2D eigenvalue weighted by Crippen LogP contribution is 1.96. The van der Waals surface area contributed by atoms with Crippen molar-refractivity contribution in [2.45, 2.75) is 0 Å². The molecule has 0 fully saturated rings. The van der Waals surface area contributed by atoms with Gasteiger partial charge in [-0.15, -0.1) is 0 Å². The van der Waals surface area contributed by atoms with Gasteiger partial charge < -0.3 is 0 Å². The van der Waals surface area contributed by atoms with Crippen molar-refractivity contribution in [1.82, 2.24) is 15.0 Å². The molecule has 0 aliphatic rings. The van der Waals surface area contributed by atoms with Gasteiger partial charge in [-0.2, -0.15) is 0 Å². The van der Waals surface area contributed by atoms with Crippen molar-refractivity contribution < 1.29 is 9.63 Å². The van der Waals surface area contributed by atoms with Gasteiger partial charge in [0, 0.05) is 19.3 Å². The molecule has 0 spiro atoms. The van der Waals surface area contributed by atoms with E-state index in [1.54, 1.807) is 18.3 Å². The van der Waals surface area contributed by atoms with E-state index in [9.17, 15) is 4.79 Å². The molecule has 74 valence electrons. The van der Waals surface area contributed by atoms with Gasteiger partial charge in [0.15, 0.2) is 0 Å². The van der Waals surface area contributed by atoms with Crippen molar-refractivity contribution in [3.05, 3.63) is 30.4 Å². The SMILES string of the molecule is CON(C)C(=O)/C=C/c1ccncn1. The average Bonchev–Trinajstić information content (AvgIpc) is 2.26. The number of hydroxylamine groups is 2. The van der Waals surface area contributed by atoms with Gasteiger partial charge in [0.25, 0.3) is 5.91 Å². The van der Waals surface area contributed by atoms with Crippen LogP contribution in [0.15, 0.2) is 24.7 Å². The Morgan fingerprint density at radius 1 is 1.64 bits per heavy atom. The van der Waals surface area contributed by atoms with E-state index in [1.165, 1.54) is 26.6 Å². The Labute approximate surface area is 82.0 Å². The lowest BCUT2D eigenvalue weighted by molar-refractivity contribution is -0.162. The summed E-state index contributed by atoms with van der Waals surface area (Å²) in [5.41, 5.74) is 0.679. The Bertz CT molecular complexity index is 324. The summed E-state index contributed by atoms with van der Waals surface area (Å²) in [6.45, 7) is 0. The first-order valence-corrected chi connectivity index (χ1v) is 4.00. The maximum absolute atomic E-state index is 11.2. The molecule has 1 aromatic heterocycles. The fourth-order valence-corrected chi connectivity index (χ4v) is 0.751. The van der Waals surface area contributed by atoms with Gasteiger partial charge >= 0.3 is 0 Å². The number of carbonyl (C=O) groups excluding carboxylic acids is 1. The second-order valence-electron chi connectivity index (χ2n) is 2.49. The van der Waals surface area contributed by atoms with Crippen molar-refractivity contribution in [2.75, 3.05) is 14.2 Å². The monoisotopic (exact) mass is 193 g/mol. The van der Waals surface area contributed by atoms with Crippen LogP contribution >= 0.6 is 0 Å². The molecule has 0 bridgehead atoms. The van der Waals surface area contributed by atoms with E-state index in [1.807, 2.05) is 0 Å². The smallest absolute Gasteiger partial charge is 0.269 e. The molecule has 0 aliphatic carbocycles. The summed E-state index contributed by atoms with van der Waals surface area (Å²) in [4.78, 5) is 23.6. The molecule has 1 aromatic rings. The minimum absolute atomic E-state index is 0.244. The lowest BCUT2D eigenvalue weighted by Gasteiger charge is -2.09. The maximum atomic E-state index is 11.2. The van der Waals surface area contributed by atoms with Crippen LogP contribution in [-0.4, -0.2) is 35.1 Å². The number of likely N-dealkylation sites (N-methyl/N-ethyl adjacent to an activating group) is 1. The van der Waals surface area contributed by atoms with Gasteiger partial charge in [0.2, 0.25) is 0 Å². The molecule has 0 aliphatic heterocycles. The largest absolute Gasteiger partial charge is 0.274 e. The normalized spacial score (nSPS) is 10.4. The lowest BCUT2D eigenvalue weighted by atomic mass is 10.3. The maximum Gasteiger partial charge on any atom is 0.269 e. The molecule has 0 saturated carbocycles. The van der Waals surface area contributed by atoms with Crippen molar-refractivity contribution in [3.63, 3.8) is 0 Å². The zero-order valence-corrected chi connectivity index (χ0v) is 8.04. The van der Waals surface area contributed by atoms with E-state index in [-0.39, 0.29) is 5.91 Å². The molecule has 14 heavy (non-hydrogen) atoms. The van der Waals surface area contributed by atoms with Crippen LogP contribution in [-0.2, 0) is 9.63 Å². The molecule has 0 unspecified atom stereocenters. The molecule has 1 amide bonds. The number of aromatic nitrogens is 2. The van der Waals surface area contributed by atoms with Gasteiger partial charge in [0.1, 0.15) is 6.33 Å². The van der Waals surface area contributed by atoms with E-state index in [0.717, 1.165) is 5.06 Å². The van der Waals surface area contributed by atoms with Gasteiger partial charge in [-0.25, -0.2) is 15.0 Å². The van der Waals surface area contributed by atoms with E-state index >= 15 is 0 Å². The minimum atomic E-state index is -0.244. The van der Waals surface area contributed by atoms with Gasteiger partial charge in [0.05, 0.1) is 12.8 Å². The van der Waals surface area contributed by atoms with Crippen LogP contribution in [0, 0.1) is 0 Å². The topological polar surface area (TPSA) is 55.3 Å². The van der Waals surface area contributed by atoms with Gasteiger partial charge in [-0.1, -0.05) is 0 Å². The van der Waals surface area contributed by atoms with Gasteiger partial charge in [-0.05, 0) is 12.1 Å². The van der Waals surface area contributed by atoms with E-state index in [4.69, 9.17) is 4.84 Å². The Kier molecular flexibility index (Phi) is 3.75. The first kappa shape index (κ1) is 10.3. The highest BCUT2D eigenvalue weighted by atomic mass is 16.7. The number of hydrogen-bond donors (Lipinski definition) is 0. The third-order valence-corrected chi connectivity index (χ3v) is 1.59. The highest BCUT2D eigenvalue weighted by Gasteiger charge is 2.01. The molecule has 0 atom stereocenters. The van der Waals surface area contributed by atoms with E-state index < -0.39 is 0 Å². The number of amides is 1. The van der Waals surface area contributed by atoms with E-state index in [2.05, 4.69) is 9.97 Å². The summed E-state index contributed by atoms with van der Waals surface area (Å²) in [6.07, 6.45) is 6.01. The second kappa shape index (κ2) is 5.08. The van der Waals surface area contributed by atoms with Crippen molar-refractivity contribution in [1.29, 1.82) is 0 Å². The minimum Gasteiger partial charge on any atom is -0.274 e. The molecule has 1 heterocycles. The number of nitrogens with zero attached hydrogens (tertiary/aromatic N) is 3. The number of hydrogen-bond acceptors (Lipinski definition) is 4. The molecular formula is C9H11N3O2. The Morgan fingerprint density at radius 3 is 3.00 bits per heavy atom. The van der Waals surface area contributed by atoms with Crippen LogP contribution in [0.3, 0.4) is 0 Å². The summed E-state index contributed by atoms with van der Waals surface area (Å²) in [5.74, 6) is -0.244.